The van der Waals surface area contributed by atoms with Crippen molar-refractivity contribution in [3.05, 3.63) is 0 Å². The molecule has 0 fully saturated rings. The Morgan fingerprint density at radius 3 is 1.00 bits per heavy atom. The molecule has 0 atom stereocenters. The molecule has 0 rings (SSSR count). The topological polar surface area (TPSA) is 149 Å². The zero-order chi connectivity index (χ0) is 31.6. The number of hydrogen-bond acceptors (Lipinski definition) is 5. The summed E-state index contributed by atoms with van der Waals surface area (Å²) < 4.78 is 0. The Hall–Kier alpha value is -1.67. The average Bonchev–Trinajstić information content (AvgIpc) is 2.88. The van der Waals surface area contributed by atoms with Crippen LogP contribution in [0.5, 0.6) is 0 Å². The number of halogens is 1. The molecule has 0 aromatic heterocycles. The highest BCUT2D eigenvalue weighted by atomic mass is 35.5. The summed E-state index contributed by atoms with van der Waals surface area (Å²) in [5.41, 5.74) is -2.97. The fourth-order valence-electron chi connectivity index (χ4n) is 5.12. The molecule has 0 bridgehead atoms. The Morgan fingerprint density at radius 2 is 0.780 bits per heavy atom. The molecule has 0 aliphatic heterocycles. The molecular formula is C32H59ClO8. The number of carboxylic acid groups (broad SMARTS) is 3. The SMILES string of the molecule is CCCCCCCCC(CCCCCCCC)(CCCCCCCC)C(=O)Cl.O=C(O)CC(O)(CC(=O)O)C(=O)O. The van der Waals surface area contributed by atoms with Crippen LogP contribution in [0.1, 0.15) is 168 Å². The molecule has 0 aliphatic rings. The highest BCUT2D eigenvalue weighted by Gasteiger charge is 2.40. The molecular weight excluding hydrogens is 548 g/mol. The first-order valence-electron chi connectivity index (χ1n) is 16.0. The third kappa shape index (κ3) is 22.6. The molecule has 0 aromatic carbocycles. The number of hydrogen-bond donors (Lipinski definition) is 4. The quantitative estimate of drug-likeness (QED) is 0.0535. The number of carbonyl (C=O) groups excluding carboxylic acids is 1. The normalized spacial score (nSPS) is 11.5. The maximum atomic E-state index is 12.5. The lowest BCUT2D eigenvalue weighted by Crippen LogP contribution is -2.42. The number of aliphatic hydroxyl groups is 1. The van der Waals surface area contributed by atoms with E-state index in [1.165, 1.54) is 116 Å². The van der Waals surface area contributed by atoms with Gasteiger partial charge in [0.15, 0.2) is 5.60 Å². The van der Waals surface area contributed by atoms with Crippen LogP contribution in [-0.4, -0.2) is 49.2 Å². The van der Waals surface area contributed by atoms with Crippen molar-refractivity contribution in [2.75, 3.05) is 0 Å². The van der Waals surface area contributed by atoms with Gasteiger partial charge in [-0.05, 0) is 30.9 Å². The molecule has 0 saturated heterocycles. The summed E-state index contributed by atoms with van der Waals surface area (Å²) in [6, 6.07) is 0. The van der Waals surface area contributed by atoms with Crippen molar-refractivity contribution in [1.29, 1.82) is 0 Å². The second-order valence-electron chi connectivity index (χ2n) is 11.6. The molecule has 4 N–H and O–H groups in total. The number of aliphatic carboxylic acids is 3. The molecule has 0 amide bonds. The van der Waals surface area contributed by atoms with E-state index in [2.05, 4.69) is 20.8 Å². The van der Waals surface area contributed by atoms with Crippen LogP contribution in [0.2, 0.25) is 0 Å². The van der Waals surface area contributed by atoms with Gasteiger partial charge in [0.2, 0.25) is 5.24 Å². The molecule has 41 heavy (non-hydrogen) atoms. The van der Waals surface area contributed by atoms with E-state index < -0.39 is 36.4 Å². The molecule has 0 aromatic rings. The van der Waals surface area contributed by atoms with Crippen LogP contribution in [0, 0.1) is 5.41 Å². The van der Waals surface area contributed by atoms with E-state index in [4.69, 9.17) is 32.0 Å². The summed E-state index contributed by atoms with van der Waals surface area (Å²) in [7, 11) is 0. The standard InChI is InChI=1S/C26H51ClO.C6H8O7/c1-4-7-10-13-16-19-22-26(25(27)28,23-20-17-14-11-8-5-2)24-21-18-15-12-9-6-3;7-3(8)1-6(13,5(11)12)2-4(9)10/h4-24H2,1-3H3;13H,1-2H2,(H,7,8)(H,9,10)(H,11,12). The molecule has 8 nitrogen and oxygen atoms in total. The van der Waals surface area contributed by atoms with Gasteiger partial charge in [-0.1, -0.05) is 136 Å². The smallest absolute Gasteiger partial charge is 0.336 e. The van der Waals surface area contributed by atoms with Crippen LogP contribution in [0.4, 0.5) is 0 Å². The minimum absolute atomic E-state index is 0.0387. The molecule has 242 valence electrons. The van der Waals surface area contributed by atoms with Crippen molar-refractivity contribution in [3.63, 3.8) is 0 Å². The molecule has 0 unspecified atom stereocenters. The molecule has 9 heteroatoms. The molecule has 0 aliphatic carbocycles. The molecule has 0 saturated carbocycles. The van der Waals surface area contributed by atoms with Crippen LogP contribution >= 0.6 is 11.6 Å². The second kappa shape index (κ2) is 26.0. The highest BCUT2D eigenvalue weighted by molar-refractivity contribution is 6.64. The maximum absolute atomic E-state index is 12.5. The van der Waals surface area contributed by atoms with Gasteiger partial charge in [0.25, 0.3) is 0 Å². The van der Waals surface area contributed by atoms with Crippen molar-refractivity contribution in [2.45, 2.75) is 174 Å². The number of rotatable bonds is 27. The fourth-order valence-corrected chi connectivity index (χ4v) is 5.40. The van der Waals surface area contributed by atoms with Crippen LogP contribution in [0.15, 0.2) is 0 Å². The van der Waals surface area contributed by atoms with Gasteiger partial charge in [0.05, 0.1) is 12.8 Å². The zero-order valence-electron chi connectivity index (χ0n) is 26.1. The Labute approximate surface area is 253 Å². The van der Waals surface area contributed by atoms with Crippen LogP contribution in [0.25, 0.3) is 0 Å². The third-order valence-corrected chi connectivity index (χ3v) is 8.13. The third-order valence-electron chi connectivity index (χ3n) is 7.73. The van der Waals surface area contributed by atoms with E-state index in [-0.39, 0.29) is 10.7 Å². The second-order valence-corrected chi connectivity index (χ2v) is 11.9. The summed E-state index contributed by atoms with van der Waals surface area (Å²) in [6.07, 6.45) is 23.9. The number of carboxylic acids is 3. The first-order chi connectivity index (χ1) is 19.4. The summed E-state index contributed by atoms with van der Waals surface area (Å²) >= 11 is 6.25. The Balaban J connectivity index is 0. The summed E-state index contributed by atoms with van der Waals surface area (Å²) in [4.78, 5) is 43.0. The number of carbonyl (C=O) groups is 4. The van der Waals surface area contributed by atoms with Gasteiger partial charge in [-0.2, -0.15) is 0 Å². The lowest BCUT2D eigenvalue weighted by molar-refractivity contribution is -0.170. The zero-order valence-corrected chi connectivity index (χ0v) is 26.8. The van der Waals surface area contributed by atoms with Gasteiger partial charge in [-0.25, -0.2) is 4.79 Å². The summed E-state index contributed by atoms with van der Waals surface area (Å²) in [5.74, 6) is -5.02. The maximum Gasteiger partial charge on any atom is 0.336 e. The van der Waals surface area contributed by atoms with Gasteiger partial charge in [0.1, 0.15) is 0 Å². The highest BCUT2D eigenvalue weighted by Crippen LogP contribution is 2.39. The fraction of sp³-hybridized carbons (Fsp3) is 0.875. The summed E-state index contributed by atoms with van der Waals surface area (Å²) in [5, 5.41) is 33.8. The van der Waals surface area contributed by atoms with E-state index >= 15 is 0 Å². The van der Waals surface area contributed by atoms with Gasteiger partial charge in [-0.3, -0.25) is 14.4 Å². The Morgan fingerprint density at radius 1 is 0.512 bits per heavy atom. The lowest BCUT2D eigenvalue weighted by Gasteiger charge is -2.30. The first-order valence-corrected chi connectivity index (χ1v) is 16.4. The minimum Gasteiger partial charge on any atom is -0.481 e. The minimum atomic E-state index is -2.74. The van der Waals surface area contributed by atoms with E-state index in [0.717, 1.165) is 19.3 Å². The average molecular weight is 607 g/mol. The van der Waals surface area contributed by atoms with Gasteiger partial charge in [-0.15, -0.1) is 0 Å². The summed E-state index contributed by atoms with van der Waals surface area (Å²) in [6.45, 7) is 6.79. The van der Waals surface area contributed by atoms with Crippen LogP contribution in [-0.2, 0) is 19.2 Å². The van der Waals surface area contributed by atoms with E-state index in [0.29, 0.717) is 0 Å². The van der Waals surface area contributed by atoms with Crippen molar-refractivity contribution in [2.24, 2.45) is 5.41 Å². The van der Waals surface area contributed by atoms with Gasteiger partial charge >= 0.3 is 17.9 Å². The van der Waals surface area contributed by atoms with Crippen molar-refractivity contribution >= 4 is 34.8 Å². The molecule has 0 spiro atoms. The monoisotopic (exact) mass is 606 g/mol. The number of unbranched alkanes of at least 4 members (excludes halogenated alkanes) is 15. The van der Waals surface area contributed by atoms with Crippen LogP contribution in [0.3, 0.4) is 0 Å². The van der Waals surface area contributed by atoms with E-state index in [9.17, 15) is 19.2 Å². The predicted molar refractivity (Wildman–Crippen MR) is 164 cm³/mol. The van der Waals surface area contributed by atoms with Crippen molar-refractivity contribution in [3.8, 4) is 0 Å². The predicted octanol–water partition coefficient (Wildman–Crippen LogP) is 8.74. The van der Waals surface area contributed by atoms with Crippen molar-refractivity contribution in [1.82, 2.24) is 0 Å². The molecule has 0 heterocycles. The van der Waals surface area contributed by atoms with Crippen LogP contribution < -0.4 is 0 Å². The van der Waals surface area contributed by atoms with Gasteiger partial charge in [0, 0.05) is 5.41 Å². The lowest BCUT2D eigenvalue weighted by atomic mass is 9.75. The van der Waals surface area contributed by atoms with Gasteiger partial charge < -0.3 is 20.4 Å². The Kier molecular flexibility index (Phi) is 26.3. The van der Waals surface area contributed by atoms with Crippen molar-refractivity contribution < 1.29 is 39.6 Å². The Bertz CT molecular complexity index is 653. The van der Waals surface area contributed by atoms with E-state index in [1.807, 2.05) is 0 Å². The molecule has 0 radical (unpaired) electrons. The van der Waals surface area contributed by atoms with E-state index in [1.54, 1.807) is 0 Å². The largest absolute Gasteiger partial charge is 0.481 e. The first kappa shape index (κ1) is 41.5.